The predicted molar refractivity (Wildman–Crippen MR) is 235 cm³/mol. The van der Waals surface area contributed by atoms with Gasteiger partial charge in [0.1, 0.15) is 16.7 Å². The Hall–Kier alpha value is -7.69. The lowest BCUT2D eigenvalue weighted by Crippen LogP contribution is -2.25. The number of hydrogen-bond acceptors (Lipinski definition) is 4. The van der Waals surface area contributed by atoms with Gasteiger partial charge in [-0.25, -0.2) is 4.98 Å². The number of furan rings is 1. The van der Waals surface area contributed by atoms with E-state index in [1.165, 1.54) is 44.5 Å². The molecule has 0 atom stereocenters. The van der Waals surface area contributed by atoms with Crippen molar-refractivity contribution in [1.29, 1.82) is 0 Å². The van der Waals surface area contributed by atoms with E-state index in [1.807, 2.05) is 30.6 Å². The maximum absolute atomic E-state index is 6.69. The highest BCUT2D eigenvalue weighted by atomic mass is 16.3. The summed E-state index contributed by atoms with van der Waals surface area (Å²) in [5, 5.41) is 4.13. The first-order valence-electron chi connectivity index (χ1n) is 19.7. The molecule has 0 unspecified atom stereocenters. The van der Waals surface area contributed by atoms with Gasteiger partial charge >= 0.3 is 0 Å². The molecule has 0 saturated carbocycles. The highest BCUT2D eigenvalue weighted by molar-refractivity contribution is 6.24. The molecule has 58 heavy (non-hydrogen) atoms. The van der Waals surface area contributed by atoms with Crippen molar-refractivity contribution in [2.24, 2.45) is 0 Å². The van der Waals surface area contributed by atoms with Gasteiger partial charge in [-0.05, 0) is 85.5 Å². The van der Waals surface area contributed by atoms with Crippen LogP contribution in [0, 0.1) is 0 Å². The second kappa shape index (κ2) is 11.7. The number of hydrogen-bond donors (Lipinski definition) is 0. The van der Waals surface area contributed by atoms with E-state index in [0.717, 1.165) is 77.3 Å². The number of fused-ring (bicyclic) bond motifs is 17. The Bertz CT molecular complexity index is 3470. The molecule has 0 saturated heterocycles. The van der Waals surface area contributed by atoms with Crippen LogP contribution in [0.2, 0.25) is 0 Å². The van der Waals surface area contributed by atoms with Crippen molar-refractivity contribution in [2.45, 2.75) is 5.41 Å². The third kappa shape index (κ3) is 4.10. The fraction of sp³-hybridized carbons (Fsp3) is 0.0185. The van der Waals surface area contributed by atoms with Crippen LogP contribution in [0.25, 0.3) is 99.5 Å². The van der Waals surface area contributed by atoms with Gasteiger partial charge in [-0.2, -0.15) is 0 Å². The van der Waals surface area contributed by atoms with Gasteiger partial charge in [0.15, 0.2) is 0 Å². The van der Waals surface area contributed by atoms with Crippen LogP contribution in [0.15, 0.2) is 193 Å². The van der Waals surface area contributed by atoms with Gasteiger partial charge in [0.2, 0.25) is 0 Å². The third-order valence-corrected chi connectivity index (χ3v) is 12.6. The Morgan fingerprint density at radius 1 is 0.448 bits per heavy atom. The van der Waals surface area contributed by atoms with E-state index in [0.29, 0.717) is 0 Å². The molecule has 0 N–H and O–H groups in total. The summed E-state index contributed by atoms with van der Waals surface area (Å²) >= 11 is 0. The lowest BCUT2D eigenvalue weighted by atomic mass is 9.70. The molecule has 11 aromatic rings. The van der Waals surface area contributed by atoms with Crippen molar-refractivity contribution < 1.29 is 4.42 Å². The summed E-state index contributed by atoms with van der Waals surface area (Å²) in [6, 6.07) is 61.2. The largest absolute Gasteiger partial charge is 0.455 e. The number of pyridine rings is 3. The van der Waals surface area contributed by atoms with E-state index >= 15 is 0 Å². The fourth-order valence-corrected chi connectivity index (χ4v) is 10.2. The lowest BCUT2D eigenvalue weighted by molar-refractivity contribution is 0.673. The third-order valence-electron chi connectivity index (χ3n) is 12.6. The van der Waals surface area contributed by atoms with Gasteiger partial charge in [0, 0.05) is 45.9 Å². The highest BCUT2D eigenvalue weighted by Gasteiger charge is 2.52. The molecule has 0 aliphatic heterocycles. The zero-order valence-electron chi connectivity index (χ0n) is 31.1. The van der Waals surface area contributed by atoms with Crippen molar-refractivity contribution in [3.05, 3.63) is 211 Å². The zero-order valence-corrected chi connectivity index (χ0v) is 31.1. The Morgan fingerprint density at radius 3 is 1.88 bits per heavy atom. The molecular formula is C54H31N3O. The number of aromatic nitrogens is 3. The molecule has 7 aromatic carbocycles. The van der Waals surface area contributed by atoms with E-state index in [9.17, 15) is 0 Å². The minimum Gasteiger partial charge on any atom is -0.455 e. The van der Waals surface area contributed by atoms with Crippen molar-refractivity contribution in [1.82, 2.24) is 15.0 Å². The summed E-state index contributed by atoms with van der Waals surface area (Å²) in [5.74, 6) is 0. The minimum atomic E-state index is -0.421. The summed E-state index contributed by atoms with van der Waals surface area (Å²) < 4.78 is 6.69. The van der Waals surface area contributed by atoms with Gasteiger partial charge < -0.3 is 4.42 Å². The maximum Gasteiger partial charge on any atom is 0.145 e. The quantitative estimate of drug-likeness (QED) is 0.169. The molecule has 0 amide bonds. The second-order valence-corrected chi connectivity index (χ2v) is 15.4. The fourth-order valence-electron chi connectivity index (χ4n) is 10.2. The van der Waals surface area contributed by atoms with E-state index in [-0.39, 0.29) is 0 Å². The van der Waals surface area contributed by atoms with E-state index in [4.69, 9.17) is 14.4 Å². The topological polar surface area (TPSA) is 51.8 Å². The number of para-hydroxylation sites is 1. The van der Waals surface area contributed by atoms with Crippen LogP contribution in [0.4, 0.5) is 0 Å². The molecule has 2 aliphatic carbocycles. The van der Waals surface area contributed by atoms with Crippen LogP contribution in [0.5, 0.6) is 0 Å². The molecule has 2 aliphatic rings. The van der Waals surface area contributed by atoms with Gasteiger partial charge in [0.25, 0.3) is 0 Å². The van der Waals surface area contributed by atoms with Crippen LogP contribution < -0.4 is 0 Å². The maximum atomic E-state index is 6.69. The average Bonchev–Trinajstić information content (AvgIpc) is 3.93. The van der Waals surface area contributed by atoms with E-state index in [2.05, 4.69) is 157 Å². The van der Waals surface area contributed by atoms with Crippen LogP contribution in [-0.2, 0) is 5.41 Å². The standard InChI is InChI=1S/C54H31N3O/c1-5-17-43-37(12-1)38-13-2-6-18-44(38)54(43)45-19-7-3-15-41(45)49-36(16-9-20-46(49)54)35-29-47-52(56-31-35)50-42(27-26-40-39-14-4-8-21-48(39)58-53(40)50)51(57-47)33-24-22-32(23-25-33)34-11-10-28-55-30-34/h1-31H. The van der Waals surface area contributed by atoms with Crippen LogP contribution in [-0.4, -0.2) is 15.0 Å². The summed E-state index contributed by atoms with van der Waals surface area (Å²) in [7, 11) is 0. The second-order valence-electron chi connectivity index (χ2n) is 15.4. The van der Waals surface area contributed by atoms with Gasteiger partial charge in [-0.1, -0.05) is 146 Å². The molecule has 4 nitrogen and oxygen atoms in total. The summed E-state index contributed by atoms with van der Waals surface area (Å²) in [5.41, 5.74) is 19.5. The molecular weight excluding hydrogens is 707 g/mol. The normalized spacial score (nSPS) is 13.3. The monoisotopic (exact) mass is 737 g/mol. The number of nitrogens with zero attached hydrogens (tertiary/aromatic N) is 3. The van der Waals surface area contributed by atoms with Gasteiger partial charge in [0.05, 0.1) is 22.0 Å². The van der Waals surface area contributed by atoms with Crippen LogP contribution in [0.1, 0.15) is 22.3 Å². The SMILES string of the molecule is c1cncc(-c2ccc(-c3nc4cc(-c5cccc6c5-c5ccccc5C65c6ccccc6-c6ccccc65)cnc4c4c3ccc3c5ccccc5oc34)cc2)c1. The van der Waals surface area contributed by atoms with Crippen molar-refractivity contribution in [2.75, 3.05) is 0 Å². The molecule has 4 aromatic heterocycles. The van der Waals surface area contributed by atoms with Crippen molar-refractivity contribution in [3.8, 4) is 55.8 Å². The van der Waals surface area contributed by atoms with Crippen LogP contribution >= 0.6 is 0 Å². The first-order valence-corrected chi connectivity index (χ1v) is 19.7. The average molecular weight is 738 g/mol. The molecule has 268 valence electrons. The molecule has 13 rings (SSSR count). The predicted octanol–water partition coefficient (Wildman–Crippen LogP) is 13.4. The Morgan fingerprint density at radius 2 is 1.10 bits per heavy atom. The van der Waals surface area contributed by atoms with Crippen molar-refractivity contribution in [3.63, 3.8) is 0 Å². The lowest BCUT2D eigenvalue weighted by Gasteiger charge is -2.30. The smallest absolute Gasteiger partial charge is 0.145 e. The summed E-state index contributed by atoms with van der Waals surface area (Å²) in [6.45, 7) is 0. The highest BCUT2D eigenvalue weighted by Crippen LogP contribution is 2.64. The van der Waals surface area contributed by atoms with E-state index < -0.39 is 5.41 Å². The van der Waals surface area contributed by atoms with E-state index in [1.54, 1.807) is 6.20 Å². The number of rotatable bonds is 3. The first kappa shape index (κ1) is 31.5. The van der Waals surface area contributed by atoms with Gasteiger partial charge in [-0.3, -0.25) is 9.97 Å². The molecule has 0 bridgehead atoms. The Balaban J connectivity index is 1.07. The van der Waals surface area contributed by atoms with Crippen LogP contribution in [0.3, 0.4) is 0 Å². The Labute approximate surface area is 333 Å². The van der Waals surface area contributed by atoms with Crippen molar-refractivity contribution >= 4 is 43.7 Å². The number of benzene rings is 7. The molecule has 1 spiro atoms. The summed E-state index contributed by atoms with van der Waals surface area (Å²) in [4.78, 5) is 15.1. The molecule has 0 fully saturated rings. The molecule has 0 radical (unpaired) electrons. The molecule has 4 heterocycles. The zero-order chi connectivity index (χ0) is 38.0. The summed E-state index contributed by atoms with van der Waals surface area (Å²) in [6.07, 6.45) is 5.74. The van der Waals surface area contributed by atoms with Gasteiger partial charge in [-0.15, -0.1) is 0 Å². The minimum absolute atomic E-state index is 0.421. The molecule has 4 heteroatoms. The Kier molecular flexibility index (Phi) is 6.34. The first-order chi connectivity index (χ1) is 28.8.